The molecule has 0 aliphatic carbocycles. The van der Waals surface area contributed by atoms with Gasteiger partial charge in [-0.3, -0.25) is 9.69 Å². The third-order valence-corrected chi connectivity index (χ3v) is 6.55. The molecule has 1 atom stereocenters. The second-order valence-electron chi connectivity index (χ2n) is 7.08. The van der Waals surface area contributed by atoms with E-state index in [-0.39, 0.29) is 12.0 Å². The van der Waals surface area contributed by atoms with Gasteiger partial charge in [0, 0.05) is 17.7 Å². The van der Waals surface area contributed by atoms with E-state index in [0.717, 1.165) is 23.1 Å². The van der Waals surface area contributed by atoms with Gasteiger partial charge in [-0.05, 0) is 42.7 Å². The number of rotatable bonds is 7. The lowest BCUT2D eigenvalue weighted by Gasteiger charge is -2.21. The van der Waals surface area contributed by atoms with Gasteiger partial charge >= 0.3 is 0 Å². The van der Waals surface area contributed by atoms with Gasteiger partial charge in [0.25, 0.3) is 5.91 Å². The summed E-state index contributed by atoms with van der Waals surface area (Å²) in [7, 11) is 3.21. The SMILES string of the molecule is COc1ccc(OC)c2sc(N(CC3CCCO3)C(=O)/C=C/c3ccccc3Cl)nc12. The van der Waals surface area contributed by atoms with E-state index in [1.54, 1.807) is 31.3 Å². The third-order valence-electron chi connectivity index (χ3n) is 5.12. The average molecular weight is 459 g/mol. The van der Waals surface area contributed by atoms with Gasteiger partial charge < -0.3 is 14.2 Å². The maximum absolute atomic E-state index is 13.2. The van der Waals surface area contributed by atoms with Gasteiger partial charge in [-0.25, -0.2) is 4.98 Å². The number of anilines is 1. The molecular weight excluding hydrogens is 436 g/mol. The van der Waals surface area contributed by atoms with Crippen molar-refractivity contribution in [3.63, 3.8) is 0 Å². The molecule has 1 fully saturated rings. The highest BCUT2D eigenvalue weighted by Gasteiger charge is 2.26. The minimum Gasteiger partial charge on any atom is -0.495 e. The highest BCUT2D eigenvalue weighted by atomic mass is 35.5. The fraction of sp³-hybridized carbons (Fsp3) is 0.304. The van der Waals surface area contributed by atoms with Gasteiger partial charge in [0.2, 0.25) is 0 Å². The number of hydrogen-bond donors (Lipinski definition) is 0. The first kappa shape index (κ1) is 21.6. The number of carbonyl (C=O) groups excluding carboxylic acids is 1. The number of fused-ring (bicyclic) bond motifs is 1. The van der Waals surface area contributed by atoms with Crippen molar-refractivity contribution in [3.8, 4) is 11.5 Å². The monoisotopic (exact) mass is 458 g/mol. The van der Waals surface area contributed by atoms with Gasteiger partial charge in [0.05, 0.1) is 26.9 Å². The molecule has 1 amide bonds. The minimum atomic E-state index is -0.188. The summed E-state index contributed by atoms with van der Waals surface area (Å²) in [6, 6.07) is 11.0. The largest absolute Gasteiger partial charge is 0.495 e. The number of halogens is 1. The summed E-state index contributed by atoms with van der Waals surface area (Å²) in [5.74, 6) is 1.14. The third kappa shape index (κ3) is 4.69. The van der Waals surface area contributed by atoms with Crippen molar-refractivity contribution >= 4 is 50.3 Å². The van der Waals surface area contributed by atoms with Crippen LogP contribution in [0.2, 0.25) is 5.02 Å². The van der Waals surface area contributed by atoms with Gasteiger partial charge in [0.1, 0.15) is 21.7 Å². The van der Waals surface area contributed by atoms with Crippen molar-refractivity contribution in [2.45, 2.75) is 18.9 Å². The number of aromatic nitrogens is 1. The molecule has 8 heteroatoms. The second-order valence-corrected chi connectivity index (χ2v) is 8.47. The Morgan fingerprint density at radius 3 is 2.74 bits per heavy atom. The van der Waals surface area contributed by atoms with Crippen LogP contribution in [0.25, 0.3) is 16.3 Å². The molecule has 162 valence electrons. The number of amides is 1. The zero-order valence-electron chi connectivity index (χ0n) is 17.3. The Morgan fingerprint density at radius 1 is 1.26 bits per heavy atom. The number of hydrogen-bond acceptors (Lipinski definition) is 6. The standard InChI is InChI=1S/C23H23ClN2O4S/c1-28-18-10-11-19(29-2)22-21(18)25-23(31-22)26(14-16-7-5-13-30-16)20(27)12-9-15-6-3-4-8-17(15)24/h3-4,6,8-12,16H,5,7,13-14H2,1-2H3/b12-9+. The molecule has 2 aromatic carbocycles. The fourth-order valence-corrected chi connectivity index (χ4v) is 4.79. The molecule has 1 unspecified atom stereocenters. The van der Waals surface area contributed by atoms with Crippen LogP contribution in [0, 0.1) is 0 Å². The predicted molar refractivity (Wildman–Crippen MR) is 125 cm³/mol. The number of carbonyl (C=O) groups is 1. The average Bonchev–Trinajstić information content (AvgIpc) is 3.46. The van der Waals surface area contributed by atoms with Crippen molar-refractivity contribution in [2.24, 2.45) is 0 Å². The maximum Gasteiger partial charge on any atom is 0.252 e. The van der Waals surface area contributed by atoms with E-state index in [4.69, 9.17) is 30.8 Å². The number of ether oxygens (including phenoxy) is 3. The Hall–Kier alpha value is -2.61. The van der Waals surface area contributed by atoms with Crippen LogP contribution in [0.1, 0.15) is 18.4 Å². The topological polar surface area (TPSA) is 60.9 Å². The van der Waals surface area contributed by atoms with Crippen molar-refractivity contribution in [1.29, 1.82) is 0 Å². The predicted octanol–water partition coefficient (Wildman–Crippen LogP) is 5.19. The minimum absolute atomic E-state index is 0.0199. The summed E-state index contributed by atoms with van der Waals surface area (Å²) in [6.07, 6.45) is 5.13. The molecule has 4 rings (SSSR count). The van der Waals surface area contributed by atoms with Crippen LogP contribution in [-0.4, -0.2) is 44.4 Å². The van der Waals surface area contributed by atoms with Crippen LogP contribution in [0.4, 0.5) is 5.13 Å². The molecule has 1 saturated heterocycles. The smallest absolute Gasteiger partial charge is 0.252 e. The van der Waals surface area contributed by atoms with Crippen LogP contribution >= 0.6 is 22.9 Å². The molecule has 2 heterocycles. The van der Waals surface area contributed by atoms with E-state index in [1.165, 1.54) is 17.4 Å². The summed E-state index contributed by atoms with van der Waals surface area (Å²) in [5, 5.41) is 1.16. The lowest BCUT2D eigenvalue weighted by Crippen LogP contribution is -2.36. The molecule has 0 saturated carbocycles. The molecule has 0 bridgehead atoms. The first-order chi connectivity index (χ1) is 15.1. The first-order valence-corrected chi connectivity index (χ1v) is 11.2. The van der Waals surface area contributed by atoms with Crippen LogP contribution in [0.3, 0.4) is 0 Å². The molecule has 3 aromatic rings. The van der Waals surface area contributed by atoms with Crippen molar-refractivity contribution in [2.75, 3.05) is 32.3 Å². The van der Waals surface area contributed by atoms with Crippen LogP contribution in [-0.2, 0) is 9.53 Å². The van der Waals surface area contributed by atoms with E-state index in [9.17, 15) is 4.79 Å². The molecule has 31 heavy (non-hydrogen) atoms. The maximum atomic E-state index is 13.2. The summed E-state index contributed by atoms with van der Waals surface area (Å²) in [4.78, 5) is 19.6. The summed E-state index contributed by atoms with van der Waals surface area (Å²) in [5.41, 5.74) is 1.45. The quantitative estimate of drug-likeness (QED) is 0.456. The first-order valence-electron chi connectivity index (χ1n) is 9.98. The molecular formula is C23H23ClN2O4S. The molecule has 6 nitrogen and oxygen atoms in total. The Morgan fingerprint density at radius 2 is 2.03 bits per heavy atom. The Balaban J connectivity index is 1.71. The van der Waals surface area contributed by atoms with Crippen LogP contribution < -0.4 is 14.4 Å². The second kappa shape index (κ2) is 9.68. The molecule has 0 radical (unpaired) electrons. The van der Waals surface area contributed by atoms with Crippen LogP contribution in [0.15, 0.2) is 42.5 Å². The zero-order valence-corrected chi connectivity index (χ0v) is 18.9. The van der Waals surface area contributed by atoms with E-state index in [0.29, 0.717) is 40.3 Å². The van der Waals surface area contributed by atoms with E-state index >= 15 is 0 Å². The Kier molecular flexibility index (Phi) is 6.75. The highest BCUT2D eigenvalue weighted by molar-refractivity contribution is 7.22. The van der Waals surface area contributed by atoms with Crippen molar-refractivity contribution in [1.82, 2.24) is 4.98 Å². The summed E-state index contributed by atoms with van der Waals surface area (Å²) < 4.78 is 17.6. The van der Waals surface area contributed by atoms with Gasteiger partial charge in [-0.15, -0.1) is 0 Å². The summed E-state index contributed by atoms with van der Waals surface area (Å²) >= 11 is 7.62. The lowest BCUT2D eigenvalue weighted by molar-refractivity contribution is -0.114. The van der Waals surface area contributed by atoms with E-state index in [2.05, 4.69) is 0 Å². The number of benzene rings is 2. The summed E-state index contributed by atoms with van der Waals surface area (Å²) in [6.45, 7) is 1.14. The normalized spacial score (nSPS) is 16.2. The lowest BCUT2D eigenvalue weighted by atomic mass is 10.2. The number of nitrogens with zero attached hydrogens (tertiary/aromatic N) is 2. The molecule has 1 aliphatic rings. The van der Waals surface area contributed by atoms with Crippen molar-refractivity contribution in [3.05, 3.63) is 53.1 Å². The number of methoxy groups -OCH3 is 2. The fourth-order valence-electron chi connectivity index (χ4n) is 3.51. The molecule has 1 aromatic heterocycles. The van der Waals surface area contributed by atoms with E-state index < -0.39 is 0 Å². The Bertz CT molecular complexity index is 1070. The van der Waals surface area contributed by atoms with Gasteiger partial charge in [0.15, 0.2) is 5.13 Å². The molecule has 1 aliphatic heterocycles. The van der Waals surface area contributed by atoms with Gasteiger partial charge in [-0.2, -0.15) is 0 Å². The Labute approximate surface area is 190 Å². The van der Waals surface area contributed by atoms with Gasteiger partial charge in [-0.1, -0.05) is 41.1 Å². The number of thiazole rings is 1. The molecule has 0 spiro atoms. The van der Waals surface area contributed by atoms with E-state index in [1.807, 2.05) is 30.3 Å². The zero-order chi connectivity index (χ0) is 21.8. The molecule has 0 N–H and O–H groups in total. The highest BCUT2D eigenvalue weighted by Crippen LogP contribution is 2.40. The van der Waals surface area contributed by atoms with Crippen molar-refractivity contribution < 1.29 is 19.0 Å². The van der Waals surface area contributed by atoms with Crippen LogP contribution in [0.5, 0.6) is 11.5 Å².